The number of aromatic nitrogens is 2. The number of carbonyl (C=O) groups is 2. The summed E-state index contributed by atoms with van der Waals surface area (Å²) in [6, 6.07) is 17.4. The first-order valence-electron chi connectivity index (χ1n) is 9.36. The van der Waals surface area contributed by atoms with Crippen molar-refractivity contribution in [2.75, 3.05) is 13.1 Å². The van der Waals surface area contributed by atoms with Crippen molar-refractivity contribution in [1.82, 2.24) is 20.4 Å². The van der Waals surface area contributed by atoms with E-state index in [0.29, 0.717) is 17.8 Å². The summed E-state index contributed by atoms with van der Waals surface area (Å²) in [4.78, 5) is 24.7. The van der Waals surface area contributed by atoms with Gasteiger partial charge in [-0.05, 0) is 31.0 Å². The van der Waals surface area contributed by atoms with E-state index in [2.05, 4.69) is 15.7 Å². The molecule has 2 N–H and O–H groups in total. The van der Waals surface area contributed by atoms with Crippen LogP contribution in [-0.2, 0) is 4.79 Å². The first-order valence-corrected chi connectivity index (χ1v) is 9.36. The van der Waals surface area contributed by atoms with Crippen molar-refractivity contribution in [3.63, 3.8) is 0 Å². The molecule has 0 spiro atoms. The maximum absolute atomic E-state index is 12.8. The Hall–Kier alpha value is -3.41. The Morgan fingerprint density at radius 1 is 1.00 bits per heavy atom. The molecule has 0 unspecified atom stereocenters. The van der Waals surface area contributed by atoms with Gasteiger partial charge in [-0.15, -0.1) is 0 Å². The Morgan fingerprint density at radius 2 is 1.71 bits per heavy atom. The highest BCUT2D eigenvalue weighted by Crippen LogP contribution is 2.26. The molecule has 0 fully saturated rings. The van der Waals surface area contributed by atoms with E-state index in [-0.39, 0.29) is 18.4 Å². The van der Waals surface area contributed by atoms with Gasteiger partial charge in [-0.3, -0.25) is 9.59 Å². The summed E-state index contributed by atoms with van der Waals surface area (Å²) < 4.78 is 1.69. The average molecular weight is 376 g/mol. The van der Waals surface area contributed by atoms with Gasteiger partial charge in [-0.1, -0.05) is 49.4 Å². The fourth-order valence-electron chi connectivity index (χ4n) is 2.87. The molecule has 0 aliphatic heterocycles. The van der Waals surface area contributed by atoms with Crippen LogP contribution in [0.5, 0.6) is 0 Å². The molecule has 3 rings (SSSR count). The Labute approximate surface area is 164 Å². The second-order valence-electron chi connectivity index (χ2n) is 6.52. The van der Waals surface area contributed by atoms with E-state index in [1.54, 1.807) is 10.9 Å². The monoisotopic (exact) mass is 376 g/mol. The first kappa shape index (κ1) is 19.4. The van der Waals surface area contributed by atoms with Gasteiger partial charge in [-0.25, -0.2) is 4.68 Å². The lowest BCUT2D eigenvalue weighted by Gasteiger charge is -2.07. The largest absolute Gasteiger partial charge is 0.355 e. The second-order valence-corrected chi connectivity index (χ2v) is 6.52. The molecule has 1 aromatic heterocycles. The Bertz CT molecular complexity index is 964. The van der Waals surface area contributed by atoms with Gasteiger partial charge in [0.05, 0.1) is 17.8 Å². The predicted molar refractivity (Wildman–Crippen MR) is 109 cm³/mol. The van der Waals surface area contributed by atoms with E-state index in [1.807, 2.05) is 68.4 Å². The van der Waals surface area contributed by atoms with Crippen molar-refractivity contribution in [2.24, 2.45) is 0 Å². The third-order valence-corrected chi connectivity index (χ3v) is 4.36. The zero-order chi connectivity index (χ0) is 19.9. The molecule has 0 saturated carbocycles. The van der Waals surface area contributed by atoms with Gasteiger partial charge < -0.3 is 10.6 Å². The van der Waals surface area contributed by atoms with E-state index < -0.39 is 0 Å². The third-order valence-electron chi connectivity index (χ3n) is 4.36. The van der Waals surface area contributed by atoms with Gasteiger partial charge in [-0.2, -0.15) is 5.10 Å². The molecule has 28 heavy (non-hydrogen) atoms. The highest BCUT2D eigenvalue weighted by molar-refractivity contribution is 6.01. The molecule has 6 heteroatoms. The SMILES string of the molecule is CCCNC(=O)CNC(=O)c1cn(-c2ccccc2)nc1-c1ccccc1C. The fourth-order valence-corrected chi connectivity index (χ4v) is 2.87. The Morgan fingerprint density at radius 3 is 2.43 bits per heavy atom. The van der Waals surface area contributed by atoms with Crippen LogP contribution in [0.1, 0.15) is 29.3 Å². The molecule has 0 radical (unpaired) electrons. The highest BCUT2D eigenvalue weighted by Gasteiger charge is 2.20. The molecule has 0 atom stereocenters. The van der Waals surface area contributed by atoms with Crippen LogP contribution in [0.2, 0.25) is 0 Å². The smallest absolute Gasteiger partial charge is 0.255 e. The fraction of sp³-hybridized carbons (Fsp3) is 0.227. The number of benzene rings is 2. The van der Waals surface area contributed by atoms with Crippen LogP contribution in [0.15, 0.2) is 60.8 Å². The lowest BCUT2D eigenvalue weighted by atomic mass is 10.0. The summed E-state index contributed by atoms with van der Waals surface area (Å²) in [6.45, 7) is 4.49. The van der Waals surface area contributed by atoms with Crippen LogP contribution < -0.4 is 10.6 Å². The lowest BCUT2D eigenvalue weighted by molar-refractivity contribution is -0.120. The van der Waals surface area contributed by atoms with E-state index in [1.165, 1.54) is 0 Å². The second kappa shape index (κ2) is 8.99. The number of para-hydroxylation sites is 1. The van der Waals surface area contributed by atoms with Crippen LogP contribution in [0, 0.1) is 6.92 Å². The molecule has 0 bridgehead atoms. The number of hydrogen-bond donors (Lipinski definition) is 2. The van der Waals surface area contributed by atoms with Crippen molar-refractivity contribution in [2.45, 2.75) is 20.3 Å². The molecule has 2 aromatic carbocycles. The van der Waals surface area contributed by atoms with Crippen LogP contribution in [0.25, 0.3) is 16.9 Å². The molecule has 0 aliphatic rings. The molecule has 144 valence electrons. The number of rotatable bonds is 7. The van der Waals surface area contributed by atoms with Crippen molar-refractivity contribution >= 4 is 11.8 Å². The minimum atomic E-state index is -0.327. The summed E-state index contributed by atoms with van der Waals surface area (Å²) in [5.41, 5.74) is 3.79. The van der Waals surface area contributed by atoms with Gasteiger partial charge in [0.15, 0.2) is 0 Å². The molecule has 0 saturated heterocycles. The third kappa shape index (κ3) is 4.46. The van der Waals surface area contributed by atoms with Gasteiger partial charge in [0.25, 0.3) is 5.91 Å². The highest BCUT2D eigenvalue weighted by atomic mass is 16.2. The minimum Gasteiger partial charge on any atom is -0.355 e. The van der Waals surface area contributed by atoms with E-state index in [9.17, 15) is 9.59 Å². The molecule has 2 amide bonds. The number of aryl methyl sites for hydroxylation is 1. The molecule has 6 nitrogen and oxygen atoms in total. The standard InChI is InChI=1S/C22H24N4O2/c1-3-13-23-20(27)14-24-22(28)19-15-26(17-10-5-4-6-11-17)25-21(19)18-12-8-7-9-16(18)2/h4-12,15H,3,13-14H2,1-2H3,(H,23,27)(H,24,28). The molecular formula is C22H24N4O2. The zero-order valence-corrected chi connectivity index (χ0v) is 16.1. The maximum Gasteiger partial charge on any atom is 0.255 e. The van der Waals surface area contributed by atoms with Gasteiger partial charge in [0.2, 0.25) is 5.91 Å². The number of nitrogens with zero attached hydrogens (tertiary/aromatic N) is 2. The predicted octanol–water partition coefficient (Wildman–Crippen LogP) is 3.10. The molecule has 1 heterocycles. The summed E-state index contributed by atoms with van der Waals surface area (Å²) >= 11 is 0. The van der Waals surface area contributed by atoms with Crippen LogP contribution in [-0.4, -0.2) is 34.7 Å². The van der Waals surface area contributed by atoms with Gasteiger partial charge in [0, 0.05) is 18.3 Å². The van der Waals surface area contributed by atoms with Gasteiger partial charge >= 0.3 is 0 Å². The number of nitrogens with one attached hydrogen (secondary N) is 2. The molecule has 3 aromatic rings. The Balaban J connectivity index is 1.92. The Kier molecular flexibility index (Phi) is 6.22. The number of amides is 2. The summed E-state index contributed by atoms with van der Waals surface area (Å²) in [7, 11) is 0. The normalized spacial score (nSPS) is 10.5. The maximum atomic E-state index is 12.8. The number of carbonyl (C=O) groups excluding carboxylic acids is 2. The lowest BCUT2D eigenvalue weighted by Crippen LogP contribution is -2.37. The van der Waals surface area contributed by atoms with E-state index in [0.717, 1.165) is 23.2 Å². The van der Waals surface area contributed by atoms with Crippen molar-refractivity contribution < 1.29 is 9.59 Å². The summed E-state index contributed by atoms with van der Waals surface area (Å²) in [5, 5.41) is 10.1. The van der Waals surface area contributed by atoms with Crippen LogP contribution in [0.3, 0.4) is 0 Å². The zero-order valence-electron chi connectivity index (χ0n) is 16.1. The van der Waals surface area contributed by atoms with Crippen LogP contribution in [0.4, 0.5) is 0 Å². The van der Waals surface area contributed by atoms with Crippen LogP contribution >= 0.6 is 0 Å². The average Bonchev–Trinajstić information content (AvgIpc) is 3.16. The van der Waals surface area contributed by atoms with E-state index in [4.69, 9.17) is 0 Å². The molecular weight excluding hydrogens is 352 g/mol. The van der Waals surface area contributed by atoms with Crippen molar-refractivity contribution in [3.05, 3.63) is 71.9 Å². The van der Waals surface area contributed by atoms with E-state index >= 15 is 0 Å². The van der Waals surface area contributed by atoms with Crippen molar-refractivity contribution in [3.8, 4) is 16.9 Å². The summed E-state index contributed by atoms with van der Waals surface area (Å²) in [5.74, 6) is -0.532. The van der Waals surface area contributed by atoms with Crippen molar-refractivity contribution in [1.29, 1.82) is 0 Å². The minimum absolute atomic E-state index is 0.0669. The summed E-state index contributed by atoms with van der Waals surface area (Å²) in [6.07, 6.45) is 2.55. The quantitative estimate of drug-likeness (QED) is 0.665. The molecule has 0 aliphatic carbocycles. The number of hydrogen-bond acceptors (Lipinski definition) is 3. The topological polar surface area (TPSA) is 76.0 Å². The first-order chi connectivity index (χ1) is 13.6. The van der Waals surface area contributed by atoms with Gasteiger partial charge in [0.1, 0.15) is 5.69 Å².